The van der Waals surface area contributed by atoms with Gasteiger partial charge in [0, 0.05) is 17.6 Å². The number of fused-ring (bicyclic) bond motifs is 2. The van der Waals surface area contributed by atoms with Crippen LogP contribution in [0.15, 0.2) is 53.5 Å². The smallest absolute Gasteiger partial charge is 0.263 e. The fraction of sp³-hybridized carbons (Fsp3) is 0.292. The summed E-state index contributed by atoms with van der Waals surface area (Å²) >= 11 is 1.55. The van der Waals surface area contributed by atoms with Crippen molar-refractivity contribution in [3.63, 3.8) is 0 Å². The van der Waals surface area contributed by atoms with E-state index in [1.54, 1.807) is 29.2 Å². The van der Waals surface area contributed by atoms with Crippen LogP contribution >= 0.6 is 11.3 Å². The Kier molecular flexibility index (Phi) is 4.66. The Bertz CT molecular complexity index is 1320. The zero-order valence-electron chi connectivity index (χ0n) is 16.8. The first-order valence-electron chi connectivity index (χ1n) is 10.2. The van der Waals surface area contributed by atoms with E-state index in [2.05, 4.69) is 0 Å². The average molecular weight is 419 g/mol. The van der Waals surface area contributed by atoms with E-state index in [0.717, 1.165) is 52.6 Å². The maximum absolute atomic E-state index is 13.1. The monoisotopic (exact) mass is 418 g/mol. The Balaban J connectivity index is 1.69. The molecule has 0 amide bonds. The molecule has 5 nitrogen and oxygen atoms in total. The summed E-state index contributed by atoms with van der Waals surface area (Å²) in [4.78, 5) is 30.0. The Morgan fingerprint density at radius 2 is 1.93 bits per heavy atom. The Morgan fingerprint density at radius 1 is 1.13 bits per heavy atom. The standard InChI is InChI=1S/C24H22N2O3S/c1-29-20-13-18-21(30-23(25-18)24(15-27)10-5-2-6-11-24)14-19(20)26-12-9-16-7-3-4-8-17(16)22(26)28/h3-4,7-9,12-15H,2,5-6,10-11H2,1H3. The minimum atomic E-state index is -0.477. The van der Waals surface area contributed by atoms with E-state index in [4.69, 9.17) is 9.72 Å². The summed E-state index contributed by atoms with van der Waals surface area (Å²) < 4.78 is 8.19. The molecule has 1 aliphatic rings. The van der Waals surface area contributed by atoms with Crippen molar-refractivity contribution in [2.24, 2.45) is 0 Å². The van der Waals surface area contributed by atoms with Crippen molar-refractivity contribution in [1.82, 2.24) is 9.55 Å². The lowest BCUT2D eigenvalue weighted by Crippen LogP contribution is -2.30. The molecule has 0 N–H and O–H groups in total. The first kappa shape index (κ1) is 19.0. The molecule has 0 bridgehead atoms. The lowest BCUT2D eigenvalue weighted by atomic mass is 9.76. The van der Waals surface area contributed by atoms with Crippen molar-refractivity contribution < 1.29 is 9.53 Å². The number of aromatic nitrogens is 2. The molecule has 2 aromatic heterocycles. The fourth-order valence-electron chi connectivity index (χ4n) is 4.45. The van der Waals surface area contributed by atoms with E-state index in [-0.39, 0.29) is 5.56 Å². The van der Waals surface area contributed by atoms with Crippen molar-refractivity contribution in [2.75, 3.05) is 7.11 Å². The molecule has 0 spiro atoms. The van der Waals surface area contributed by atoms with Crippen LogP contribution in [0.2, 0.25) is 0 Å². The number of aldehydes is 1. The van der Waals surface area contributed by atoms with Gasteiger partial charge in [0.05, 0.1) is 28.4 Å². The van der Waals surface area contributed by atoms with Crippen LogP contribution in [0.1, 0.15) is 37.1 Å². The van der Waals surface area contributed by atoms with Gasteiger partial charge >= 0.3 is 0 Å². The van der Waals surface area contributed by atoms with Gasteiger partial charge in [0.15, 0.2) is 0 Å². The summed E-state index contributed by atoms with van der Waals surface area (Å²) in [5.74, 6) is 0.584. The number of carbonyl (C=O) groups is 1. The lowest BCUT2D eigenvalue weighted by molar-refractivity contribution is -0.113. The predicted octanol–water partition coefficient (Wildman–Crippen LogP) is 5.01. The number of nitrogens with zero attached hydrogens (tertiary/aromatic N) is 2. The van der Waals surface area contributed by atoms with Gasteiger partial charge in [-0.1, -0.05) is 37.5 Å². The summed E-state index contributed by atoms with van der Waals surface area (Å²) in [6.45, 7) is 0. The molecule has 2 aromatic carbocycles. The minimum Gasteiger partial charge on any atom is -0.494 e. The third kappa shape index (κ3) is 2.94. The molecule has 0 radical (unpaired) electrons. The van der Waals surface area contributed by atoms with E-state index in [1.807, 2.05) is 42.5 Å². The number of thiazole rings is 1. The fourth-order valence-corrected chi connectivity index (χ4v) is 5.64. The number of methoxy groups -OCH3 is 1. The topological polar surface area (TPSA) is 61.2 Å². The molecule has 0 saturated heterocycles. The number of hydrogen-bond donors (Lipinski definition) is 0. The van der Waals surface area contributed by atoms with Gasteiger partial charge in [-0.05, 0) is 36.4 Å². The number of ether oxygens (including phenoxy) is 1. The quantitative estimate of drug-likeness (QED) is 0.437. The van der Waals surface area contributed by atoms with Gasteiger partial charge in [-0.2, -0.15) is 0 Å². The second-order valence-electron chi connectivity index (χ2n) is 7.92. The van der Waals surface area contributed by atoms with Gasteiger partial charge in [-0.3, -0.25) is 9.36 Å². The molecule has 0 atom stereocenters. The molecule has 0 aliphatic heterocycles. The third-order valence-electron chi connectivity index (χ3n) is 6.16. The second kappa shape index (κ2) is 7.36. The molecule has 1 fully saturated rings. The number of pyridine rings is 1. The summed E-state index contributed by atoms with van der Waals surface area (Å²) in [7, 11) is 1.60. The summed E-state index contributed by atoms with van der Waals surface area (Å²) in [5, 5.41) is 2.44. The molecule has 5 rings (SSSR count). The van der Waals surface area contributed by atoms with Crippen molar-refractivity contribution in [2.45, 2.75) is 37.5 Å². The van der Waals surface area contributed by atoms with Crippen molar-refractivity contribution in [3.05, 3.63) is 64.0 Å². The number of hydrogen-bond acceptors (Lipinski definition) is 5. The molecule has 30 heavy (non-hydrogen) atoms. The number of carbonyl (C=O) groups excluding carboxylic acids is 1. The maximum atomic E-state index is 13.1. The van der Waals surface area contributed by atoms with Crippen LogP contribution in [-0.2, 0) is 10.2 Å². The van der Waals surface area contributed by atoms with Gasteiger partial charge in [0.2, 0.25) is 0 Å². The third-order valence-corrected chi connectivity index (χ3v) is 7.40. The molecule has 4 aromatic rings. The Hall–Kier alpha value is -2.99. The van der Waals surface area contributed by atoms with Crippen molar-refractivity contribution >= 4 is 38.6 Å². The summed E-state index contributed by atoms with van der Waals surface area (Å²) in [5.41, 5.74) is 0.915. The SMILES string of the molecule is COc1cc2nc(C3(C=O)CCCCC3)sc2cc1-n1ccc2ccccc2c1=O. The van der Waals surface area contributed by atoms with E-state index < -0.39 is 5.41 Å². The van der Waals surface area contributed by atoms with Crippen LogP contribution in [0.5, 0.6) is 5.75 Å². The van der Waals surface area contributed by atoms with E-state index >= 15 is 0 Å². The molecular weight excluding hydrogens is 396 g/mol. The Morgan fingerprint density at radius 3 is 2.70 bits per heavy atom. The first-order chi connectivity index (χ1) is 14.6. The van der Waals surface area contributed by atoms with Crippen molar-refractivity contribution in [1.29, 1.82) is 0 Å². The van der Waals surface area contributed by atoms with Crippen LogP contribution in [0.3, 0.4) is 0 Å². The highest BCUT2D eigenvalue weighted by Crippen LogP contribution is 2.42. The molecule has 0 unspecified atom stereocenters. The normalized spacial score (nSPS) is 16.0. The number of benzene rings is 2. The number of rotatable bonds is 4. The van der Waals surface area contributed by atoms with Crippen LogP contribution < -0.4 is 10.3 Å². The van der Waals surface area contributed by atoms with Crippen LogP contribution in [0.25, 0.3) is 26.7 Å². The molecule has 152 valence electrons. The van der Waals surface area contributed by atoms with Gasteiger partial charge < -0.3 is 9.53 Å². The highest BCUT2D eigenvalue weighted by molar-refractivity contribution is 7.18. The summed E-state index contributed by atoms with van der Waals surface area (Å²) in [6.07, 6.45) is 7.85. The lowest BCUT2D eigenvalue weighted by Gasteiger charge is -2.29. The molecular formula is C24H22N2O3S. The van der Waals surface area contributed by atoms with Crippen LogP contribution in [0, 0.1) is 0 Å². The predicted molar refractivity (Wildman–Crippen MR) is 120 cm³/mol. The maximum Gasteiger partial charge on any atom is 0.263 e. The zero-order chi connectivity index (χ0) is 20.7. The van der Waals surface area contributed by atoms with Crippen LogP contribution in [-0.4, -0.2) is 22.9 Å². The Labute approximate surface area is 177 Å². The molecule has 1 saturated carbocycles. The average Bonchev–Trinajstić information content (AvgIpc) is 3.23. The van der Waals surface area contributed by atoms with E-state index in [0.29, 0.717) is 16.8 Å². The van der Waals surface area contributed by atoms with Gasteiger partial charge in [0.25, 0.3) is 5.56 Å². The first-order valence-corrected chi connectivity index (χ1v) is 11.0. The van der Waals surface area contributed by atoms with E-state index in [9.17, 15) is 9.59 Å². The minimum absolute atomic E-state index is 0.0906. The summed E-state index contributed by atoms with van der Waals surface area (Å²) in [6, 6.07) is 13.3. The molecule has 1 aliphatic carbocycles. The van der Waals surface area contributed by atoms with Gasteiger partial charge in [0.1, 0.15) is 17.0 Å². The van der Waals surface area contributed by atoms with Crippen molar-refractivity contribution in [3.8, 4) is 11.4 Å². The largest absolute Gasteiger partial charge is 0.494 e. The molecule has 6 heteroatoms. The highest BCUT2D eigenvalue weighted by Gasteiger charge is 2.36. The molecule has 2 heterocycles. The highest BCUT2D eigenvalue weighted by atomic mass is 32.1. The zero-order valence-corrected chi connectivity index (χ0v) is 17.6. The van der Waals surface area contributed by atoms with Gasteiger partial charge in [-0.15, -0.1) is 11.3 Å². The van der Waals surface area contributed by atoms with Crippen LogP contribution in [0.4, 0.5) is 0 Å². The van der Waals surface area contributed by atoms with Gasteiger partial charge in [-0.25, -0.2) is 4.98 Å². The van der Waals surface area contributed by atoms with E-state index in [1.165, 1.54) is 6.42 Å². The second-order valence-corrected chi connectivity index (χ2v) is 8.95.